The zero-order valence-electron chi connectivity index (χ0n) is 20.2. The van der Waals surface area contributed by atoms with Gasteiger partial charge in [0.2, 0.25) is 5.71 Å². The van der Waals surface area contributed by atoms with Crippen molar-refractivity contribution in [1.82, 2.24) is 15.0 Å². The number of furan rings is 1. The number of nitrogens with zero attached hydrogens (tertiary/aromatic N) is 5. The molecule has 6 nitrogen and oxygen atoms in total. The van der Waals surface area contributed by atoms with Gasteiger partial charge in [-0.3, -0.25) is 4.90 Å². The summed E-state index contributed by atoms with van der Waals surface area (Å²) < 4.78 is 38.9. The Morgan fingerprint density at radius 1 is 1.11 bits per heavy atom. The molecule has 1 aliphatic rings. The largest absolute Gasteiger partial charge is 0.435 e. The van der Waals surface area contributed by atoms with Gasteiger partial charge in [0.1, 0.15) is 6.17 Å². The Labute approximate surface area is 169 Å². The van der Waals surface area contributed by atoms with Crippen LogP contribution in [0.25, 0.3) is 22.1 Å². The maximum Gasteiger partial charge on any atom is 0.227 e. The van der Waals surface area contributed by atoms with Crippen molar-refractivity contribution in [2.75, 3.05) is 9.80 Å². The van der Waals surface area contributed by atoms with E-state index in [1.54, 1.807) is 6.20 Å². The van der Waals surface area contributed by atoms with Gasteiger partial charge in [-0.05, 0) is 52.2 Å². The van der Waals surface area contributed by atoms with Gasteiger partial charge in [0, 0.05) is 39.0 Å². The van der Waals surface area contributed by atoms with Gasteiger partial charge in [0.25, 0.3) is 0 Å². The maximum atomic E-state index is 8.75. The summed E-state index contributed by atoms with van der Waals surface area (Å²) in [4.78, 5) is 16.9. The molecule has 0 spiro atoms. The molecule has 2 atom stereocenters. The predicted octanol–water partition coefficient (Wildman–Crippen LogP) is 5.10. The Hall–Kier alpha value is -3.15. The molecule has 1 aliphatic heterocycles. The minimum absolute atomic E-state index is 0.357. The Balaban J connectivity index is 1.79. The van der Waals surface area contributed by atoms with Crippen molar-refractivity contribution in [3.05, 3.63) is 47.9 Å². The second-order valence-corrected chi connectivity index (χ2v) is 7.18. The third-order valence-electron chi connectivity index (χ3n) is 5.29. The van der Waals surface area contributed by atoms with Crippen LogP contribution < -0.4 is 9.80 Å². The highest BCUT2D eigenvalue weighted by atomic mass is 16.3. The van der Waals surface area contributed by atoms with Crippen LogP contribution in [-0.4, -0.2) is 27.1 Å². The van der Waals surface area contributed by atoms with E-state index in [2.05, 4.69) is 15.0 Å². The molecule has 0 amide bonds. The fourth-order valence-electron chi connectivity index (χ4n) is 4.06. The molecule has 0 saturated heterocycles. The van der Waals surface area contributed by atoms with Crippen LogP contribution in [-0.2, 0) is 0 Å². The lowest BCUT2D eigenvalue weighted by Crippen LogP contribution is -2.42. The van der Waals surface area contributed by atoms with Gasteiger partial charge < -0.3 is 9.32 Å². The van der Waals surface area contributed by atoms with Gasteiger partial charge in [-0.1, -0.05) is 12.1 Å². The molecule has 4 aromatic rings. The maximum absolute atomic E-state index is 8.75. The normalized spacial score (nSPS) is 21.2. The SMILES string of the molecule is [2H]C([2H])([2H])C([2H])(C)N1c2nccnc2N(c2c(C)ccc3c2oc2nc(C)ccc23)C1C. The van der Waals surface area contributed by atoms with Crippen molar-refractivity contribution in [1.29, 1.82) is 0 Å². The van der Waals surface area contributed by atoms with E-state index in [-0.39, 0.29) is 0 Å². The first-order valence-electron chi connectivity index (χ1n) is 11.2. The third kappa shape index (κ3) is 2.24. The van der Waals surface area contributed by atoms with Crippen LogP contribution >= 0.6 is 0 Å². The molecule has 6 heteroatoms. The van der Waals surface area contributed by atoms with E-state index in [4.69, 9.17) is 9.90 Å². The third-order valence-corrected chi connectivity index (χ3v) is 5.29. The molecule has 0 N–H and O–H groups in total. The first kappa shape index (κ1) is 13.1. The number of benzene rings is 1. The highest BCUT2D eigenvalue weighted by Gasteiger charge is 2.39. The highest BCUT2D eigenvalue weighted by molar-refractivity contribution is 6.09. The van der Waals surface area contributed by atoms with Gasteiger partial charge in [-0.25, -0.2) is 15.0 Å². The molecule has 0 bridgehead atoms. The number of hydrogen-bond donors (Lipinski definition) is 0. The average Bonchev–Trinajstić information content (AvgIpc) is 3.21. The monoisotopic (exact) mass is 377 g/mol. The molecule has 142 valence electrons. The Morgan fingerprint density at radius 2 is 1.86 bits per heavy atom. The summed E-state index contributed by atoms with van der Waals surface area (Å²) in [7, 11) is 0. The lowest BCUT2D eigenvalue weighted by Gasteiger charge is -2.32. The average molecular weight is 377 g/mol. The van der Waals surface area contributed by atoms with Crippen LogP contribution in [0.1, 0.15) is 37.4 Å². The van der Waals surface area contributed by atoms with E-state index in [1.807, 2.05) is 49.9 Å². The number of anilines is 3. The van der Waals surface area contributed by atoms with Crippen molar-refractivity contribution in [3.8, 4) is 0 Å². The number of aryl methyl sites for hydroxylation is 2. The van der Waals surface area contributed by atoms with Crippen molar-refractivity contribution in [3.63, 3.8) is 0 Å². The van der Waals surface area contributed by atoms with E-state index >= 15 is 0 Å². The van der Waals surface area contributed by atoms with E-state index in [9.17, 15) is 0 Å². The van der Waals surface area contributed by atoms with Crippen LogP contribution in [0.15, 0.2) is 41.1 Å². The van der Waals surface area contributed by atoms with Gasteiger partial charge in [-0.15, -0.1) is 0 Å². The summed E-state index contributed by atoms with van der Waals surface area (Å²) in [6.07, 6.45) is 2.54. The van der Waals surface area contributed by atoms with Crippen molar-refractivity contribution in [2.45, 2.75) is 46.7 Å². The summed E-state index contributed by atoms with van der Waals surface area (Å²) in [6.45, 7) is 4.56. The highest BCUT2D eigenvalue weighted by Crippen LogP contribution is 2.46. The molecule has 28 heavy (non-hydrogen) atoms. The molecule has 2 unspecified atom stereocenters. The fraction of sp³-hybridized carbons (Fsp3) is 0.318. The molecule has 0 radical (unpaired) electrons. The standard InChI is InChI=1S/C22H23N5O/c1-12(2)26-15(5)27(21-20(26)23-10-11-24-21)18-13(3)6-8-16-17-9-7-14(4)25-22(17)28-19(16)18/h6-12,15H,1-5H3/i1D3,12D. The van der Waals surface area contributed by atoms with Gasteiger partial charge in [-0.2, -0.15) is 0 Å². The molecule has 4 heterocycles. The summed E-state index contributed by atoms with van der Waals surface area (Å²) in [6, 6.07) is 6.03. The van der Waals surface area contributed by atoms with Crippen LogP contribution in [0.4, 0.5) is 17.3 Å². The fourth-order valence-corrected chi connectivity index (χ4v) is 4.06. The van der Waals surface area contributed by atoms with Gasteiger partial charge >= 0.3 is 0 Å². The summed E-state index contributed by atoms with van der Waals surface area (Å²) in [5.41, 5.74) is 3.73. The van der Waals surface area contributed by atoms with Crippen LogP contribution in [0.2, 0.25) is 0 Å². The van der Waals surface area contributed by atoms with E-state index in [0.717, 1.165) is 27.7 Å². The van der Waals surface area contributed by atoms with Crippen LogP contribution in [0, 0.1) is 13.8 Å². The van der Waals surface area contributed by atoms with Crippen molar-refractivity contribution < 1.29 is 9.90 Å². The summed E-state index contributed by atoms with van der Waals surface area (Å²) in [5, 5.41) is 1.82. The first-order valence-corrected chi connectivity index (χ1v) is 9.21. The first-order chi connectivity index (χ1) is 15.0. The molecule has 5 rings (SSSR count). The van der Waals surface area contributed by atoms with E-state index in [1.165, 1.54) is 18.0 Å². The lowest BCUT2D eigenvalue weighted by atomic mass is 10.1. The number of aromatic nitrogens is 3. The van der Waals surface area contributed by atoms with Crippen molar-refractivity contribution in [2.24, 2.45) is 0 Å². The lowest BCUT2D eigenvalue weighted by molar-refractivity contribution is 0.597. The molecular formula is C22H23N5O. The van der Waals surface area contributed by atoms with Crippen LogP contribution in [0.3, 0.4) is 0 Å². The summed E-state index contributed by atoms with van der Waals surface area (Å²) in [5.74, 6) is 0.845. The number of rotatable bonds is 2. The summed E-state index contributed by atoms with van der Waals surface area (Å²) >= 11 is 0. The smallest absolute Gasteiger partial charge is 0.227 e. The minimum Gasteiger partial charge on any atom is -0.435 e. The van der Waals surface area contributed by atoms with Crippen LogP contribution in [0.5, 0.6) is 0 Å². The molecule has 0 saturated carbocycles. The zero-order chi connectivity index (χ0) is 23.0. The van der Waals surface area contributed by atoms with Gasteiger partial charge in [0.15, 0.2) is 17.2 Å². The van der Waals surface area contributed by atoms with Crippen molar-refractivity contribution >= 4 is 39.4 Å². The number of fused-ring (bicyclic) bond motifs is 4. The number of pyridine rings is 1. The molecule has 3 aromatic heterocycles. The molecule has 1 aromatic carbocycles. The topological polar surface area (TPSA) is 58.3 Å². The second-order valence-electron chi connectivity index (χ2n) is 7.18. The van der Waals surface area contributed by atoms with E-state index in [0.29, 0.717) is 22.9 Å². The minimum atomic E-state index is -2.56. The number of hydrogen-bond acceptors (Lipinski definition) is 6. The molecular weight excluding hydrogens is 350 g/mol. The molecule has 0 aliphatic carbocycles. The molecule has 0 fully saturated rings. The Bertz CT molecular complexity index is 1360. The quantitative estimate of drug-likeness (QED) is 0.484. The van der Waals surface area contributed by atoms with E-state index < -0.39 is 19.0 Å². The predicted molar refractivity (Wildman–Crippen MR) is 112 cm³/mol. The zero-order valence-corrected chi connectivity index (χ0v) is 16.2. The Kier molecular flexibility index (Phi) is 2.77. The van der Waals surface area contributed by atoms with Gasteiger partial charge in [0.05, 0.1) is 7.06 Å². The Morgan fingerprint density at radius 3 is 2.64 bits per heavy atom. The second kappa shape index (κ2) is 5.92.